The molecule has 1 heterocycles. The van der Waals surface area contributed by atoms with Crippen molar-refractivity contribution in [1.82, 2.24) is 14.5 Å². The molecule has 1 atom stereocenters. The van der Waals surface area contributed by atoms with Gasteiger partial charge >= 0.3 is 0 Å². The summed E-state index contributed by atoms with van der Waals surface area (Å²) in [5.41, 5.74) is 1.80. The molecule has 1 N–H and O–H groups in total. The van der Waals surface area contributed by atoms with E-state index in [1.54, 1.807) is 23.2 Å². The number of hydrogen-bond donors (Lipinski definition) is 1. The number of carbonyl (C=O) groups excluding carboxylic acids is 2. The van der Waals surface area contributed by atoms with Gasteiger partial charge in [-0.3, -0.25) is 9.59 Å². The van der Waals surface area contributed by atoms with Gasteiger partial charge in [0.25, 0.3) is 5.91 Å². The van der Waals surface area contributed by atoms with Gasteiger partial charge in [-0.1, -0.05) is 36.4 Å². The maximum absolute atomic E-state index is 12.7. The first-order chi connectivity index (χ1) is 10.6. The topological polar surface area (TPSA) is 52.7 Å². The van der Waals surface area contributed by atoms with E-state index in [4.69, 9.17) is 0 Å². The van der Waals surface area contributed by atoms with Crippen LogP contribution in [0.25, 0.3) is 0 Å². The summed E-state index contributed by atoms with van der Waals surface area (Å²) in [6, 6.07) is 9.87. The normalized spacial score (nSPS) is 18.0. The average molecular weight is 431 g/mol. The van der Waals surface area contributed by atoms with Crippen molar-refractivity contribution in [3.8, 4) is 0 Å². The van der Waals surface area contributed by atoms with Crippen LogP contribution < -0.4 is 5.32 Å². The SMILES string of the molecule is CNC(=O)CN(C)C(=O)C1=CCN(SI)C1c1ccccc1. The number of halogens is 1. The average Bonchev–Trinajstić information content (AvgIpc) is 2.98. The lowest BCUT2D eigenvalue weighted by molar-refractivity contribution is -0.131. The lowest BCUT2D eigenvalue weighted by Crippen LogP contribution is -2.38. The minimum Gasteiger partial charge on any atom is -0.358 e. The van der Waals surface area contributed by atoms with Gasteiger partial charge in [-0.25, -0.2) is 4.31 Å². The summed E-state index contributed by atoms with van der Waals surface area (Å²) in [4.78, 5) is 25.6. The number of benzene rings is 1. The Hall–Kier alpha value is -1.06. The van der Waals surface area contributed by atoms with Crippen LogP contribution >= 0.6 is 30.3 Å². The van der Waals surface area contributed by atoms with Crippen LogP contribution in [0.3, 0.4) is 0 Å². The Morgan fingerprint density at radius 3 is 2.68 bits per heavy atom. The largest absolute Gasteiger partial charge is 0.358 e. The van der Waals surface area contributed by atoms with Gasteiger partial charge in [0.2, 0.25) is 5.91 Å². The predicted molar refractivity (Wildman–Crippen MR) is 97.3 cm³/mol. The zero-order valence-corrected chi connectivity index (χ0v) is 15.4. The van der Waals surface area contributed by atoms with Crippen LogP contribution in [-0.2, 0) is 9.59 Å². The van der Waals surface area contributed by atoms with Crippen LogP contribution in [0.2, 0.25) is 0 Å². The number of likely N-dealkylation sites (N-methyl/N-ethyl adjacent to an activating group) is 2. The number of amides is 2. The number of carbonyl (C=O) groups is 2. The molecule has 1 aromatic rings. The summed E-state index contributed by atoms with van der Waals surface area (Å²) in [6.07, 6.45) is 1.95. The minimum absolute atomic E-state index is 0.0611. The first kappa shape index (κ1) is 17.3. The molecule has 7 heteroatoms. The van der Waals surface area contributed by atoms with Crippen LogP contribution in [-0.4, -0.2) is 48.2 Å². The van der Waals surface area contributed by atoms with Crippen molar-refractivity contribution in [2.45, 2.75) is 6.04 Å². The van der Waals surface area contributed by atoms with Gasteiger partial charge in [-0.2, -0.15) is 0 Å². The van der Waals surface area contributed by atoms with E-state index >= 15 is 0 Å². The summed E-state index contributed by atoms with van der Waals surface area (Å²) in [5.74, 6) is -0.281. The Morgan fingerprint density at radius 1 is 1.41 bits per heavy atom. The van der Waals surface area contributed by atoms with Crippen molar-refractivity contribution in [3.63, 3.8) is 0 Å². The van der Waals surface area contributed by atoms with E-state index in [-0.39, 0.29) is 24.4 Å². The second-order valence-electron chi connectivity index (χ2n) is 4.98. The highest BCUT2D eigenvalue weighted by molar-refractivity contribution is 14.2. The Balaban J connectivity index is 2.21. The molecule has 0 spiro atoms. The summed E-state index contributed by atoms with van der Waals surface area (Å²) in [5, 5.41) is 2.54. The Morgan fingerprint density at radius 2 is 2.09 bits per heavy atom. The molecule has 0 aromatic heterocycles. The Labute approximate surface area is 146 Å². The molecule has 0 bridgehead atoms. The maximum Gasteiger partial charge on any atom is 0.251 e. The fourth-order valence-corrected chi connectivity index (χ4v) is 4.01. The van der Waals surface area contributed by atoms with E-state index in [1.807, 2.05) is 36.4 Å². The molecule has 2 amide bonds. The van der Waals surface area contributed by atoms with Crippen molar-refractivity contribution < 1.29 is 9.59 Å². The summed E-state index contributed by atoms with van der Waals surface area (Å²) < 4.78 is 2.15. The highest BCUT2D eigenvalue weighted by atomic mass is 127. The maximum atomic E-state index is 12.7. The third-order valence-electron chi connectivity index (χ3n) is 3.53. The van der Waals surface area contributed by atoms with Crippen molar-refractivity contribution in [2.24, 2.45) is 0 Å². The molecule has 0 saturated carbocycles. The van der Waals surface area contributed by atoms with Gasteiger partial charge < -0.3 is 10.2 Å². The van der Waals surface area contributed by atoms with E-state index in [9.17, 15) is 9.59 Å². The third kappa shape index (κ3) is 3.82. The highest BCUT2D eigenvalue weighted by Gasteiger charge is 2.34. The van der Waals surface area contributed by atoms with Crippen molar-refractivity contribution in [2.75, 3.05) is 27.2 Å². The summed E-state index contributed by atoms with van der Waals surface area (Å²) >= 11 is 2.23. The van der Waals surface area contributed by atoms with Crippen LogP contribution in [0.1, 0.15) is 11.6 Å². The van der Waals surface area contributed by atoms with Crippen molar-refractivity contribution >= 4 is 42.1 Å². The quantitative estimate of drug-likeness (QED) is 0.574. The summed E-state index contributed by atoms with van der Waals surface area (Å²) in [6.45, 7) is 0.771. The molecule has 1 aliphatic heterocycles. The van der Waals surface area contributed by atoms with Crippen LogP contribution in [0, 0.1) is 0 Å². The molecule has 1 aromatic carbocycles. The van der Waals surface area contributed by atoms with Crippen LogP contribution in [0.15, 0.2) is 42.0 Å². The second kappa shape index (κ2) is 7.98. The standard InChI is InChI=1S/C15H18IN3O2S/c1-17-13(20)10-18(2)15(21)12-8-9-19(22-16)14(12)11-6-4-3-5-7-11/h3-8,14H,9-10H2,1-2H3,(H,17,20). The number of rotatable bonds is 5. The van der Waals surface area contributed by atoms with Gasteiger partial charge in [0, 0.05) is 47.4 Å². The fourth-order valence-electron chi connectivity index (χ4n) is 2.40. The first-order valence-electron chi connectivity index (χ1n) is 6.85. The third-order valence-corrected chi connectivity index (χ3v) is 5.59. The van der Waals surface area contributed by atoms with Crippen LogP contribution in [0.4, 0.5) is 0 Å². The van der Waals surface area contributed by atoms with E-state index in [0.717, 1.165) is 11.1 Å². The molecular weight excluding hydrogens is 413 g/mol. The zero-order chi connectivity index (χ0) is 16.1. The molecule has 0 aliphatic carbocycles. The van der Waals surface area contributed by atoms with Crippen LogP contribution in [0.5, 0.6) is 0 Å². The molecular formula is C15H18IN3O2S. The molecule has 2 rings (SSSR count). The smallest absolute Gasteiger partial charge is 0.251 e. The lowest BCUT2D eigenvalue weighted by Gasteiger charge is -2.26. The highest BCUT2D eigenvalue weighted by Crippen LogP contribution is 2.40. The van der Waals surface area contributed by atoms with Crippen molar-refractivity contribution in [3.05, 3.63) is 47.5 Å². The van der Waals surface area contributed by atoms with E-state index in [2.05, 4.69) is 30.8 Å². The molecule has 0 radical (unpaired) electrons. The van der Waals surface area contributed by atoms with Crippen molar-refractivity contribution in [1.29, 1.82) is 0 Å². The predicted octanol–water partition coefficient (Wildman–Crippen LogP) is 2.17. The molecule has 5 nitrogen and oxygen atoms in total. The molecule has 0 saturated heterocycles. The fraction of sp³-hybridized carbons (Fsp3) is 0.333. The van der Waals surface area contributed by atoms with Gasteiger partial charge in [0.1, 0.15) is 0 Å². The second-order valence-corrected chi connectivity index (χ2v) is 6.76. The monoisotopic (exact) mass is 431 g/mol. The zero-order valence-electron chi connectivity index (χ0n) is 12.5. The summed E-state index contributed by atoms with van der Waals surface area (Å²) in [7, 11) is 4.81. The van der Waals surface area contributed by atoms with Gasteiger partial charge in [-0.15, -0.1) is 0 Å². The Bertz CT molecular complexity index is 579. The van der Waals surface area contributed by atoms with E-state index < -0.39 is 0 Å². The molecule has 0 fully saturated rings. The molecule has 22 heavy (non-hydrogen) atoms. The molecule has 118 valence electrons. The van der Waals surface area contributed by atoms with E-state index in [1.165, 1.54) is 4.90 Å². The molecule has 1 aliphatic rings. The lowest BCUT2D eigenvalue weighted by atomic mass is 10.00. The van der Waals surface area contributed by atoms with E-state index in [0.29, 0.717) is 6.54 Å². The van der Waals surface area contributed by atoms with Gasteiger partial charge in [-0.05, 0) is 14.7 Å². The molecule has 1 unspecified atom stereocenters. The number of nitrogens with zero attached hydrogens (tertiary/aromatic N) is 2. The van der Waals surface area contributed by atoms with Gasteiger partial charge in [0.15, 0.2) is 0 Å². The van der Waals surface area contributed by atoms with Gasteiger partial charge in [0.05, 0.1) is 12.6 Å². The number of hydrogen-bond acceptors (Lipinski definition) is 4. The Kier molecular flexibility index (Phi) is 6.27. The minimum atomic E-state index is -0.175. The number of nitrogens with one attached hydrogen (secondary N) is 1. The first-order valence-corrected chi connectivity index (χ1v) is 10.2.